The summed E-state index contributed by atoms with van der Waals surface area (Å²) in [5, 5.41) is 2.56. The molecule has 0 saturated carbocycles. The van der Waals surface area contributed by atoms with Crippen molar-refractivity contribution in [1.29, 1.82) is 0 Å². The summed E-state index contributed by atoms with van der Waals surface area (Å²) >= 11 is 0. The number of methoxy groups -OCH3 is 1. The van der Waals surface area contributed by atoms with Crippen LogP contribution in [0.2, 0.25) is 0 Å². The van der Waals surface area contributed by atoms with Crippen molar-refractivity contribution in [2.24, 2.45) is 0 Å². The van der Waals surface area contributed by atoms with Crippen LogP contribution < -0.4 is 5.32 Å². The van der Waals surface area contributed by atoms with Crippen molar-refractivity contribution in [3.05, 3.63) is 35.9 Å². The van der Waals surface area contributed by atoms with Crippen LogP contribution in [0, 0.1) is 0 Å². The molecule has 0 atom stereocenters. The van der Waals surface area contributed by atoms with Crippen LogP contribution in [0.3, 0.4) is 0 Å². The molecule has 0 aliphatic carbocycles. The molecule has 0 spiro atoms. The van der Waals surface area contributed by atoms with Crippen LogP contribution >= 0.6 is 0 Å². The van der Waals surface area contributed by atoms with Gasteiger partial charge in [0, 0.05) is 12.7 Å². The lowest BCUT2D eigenvalue weighted by molar-refractivity contribution is -0.139. The maximum Gasteiger partial charge on any atom is 0.252 e. The molecule has 0 aromatic heterocycles. The van der Waals surface area contributed by atoms with Gasteiger partial charge in [-0.25, -0.2) is 0 Å². The Morgan fingerprint density at radius 1 is 1.24 bits per heavy atom. The first-order valence-electron chi connectivity index (χ1n) is 5.39. The van der Waals surface area contributed by atoms with E-state index in [4.69, 9.17) is 4.74 Å². The topological polar surface area (TPSA) is 55.4 Å². The Labute approximate surface area is 101 Å². The van der Waals surface area contributed by atoms with Crippen molar-refractivity contribution in [3.63, 3.8) is 0 Å². The number of carbonyl (C=O) groups is 2. The van der Waals surface area contributed by atoms with Crippen LogP contribution in [-0.4, -0.2) is 30.9 Å². The molecule has 0 unspecified atom stereocenters. The number of rotatable bonds is 5. The zero-order valence-corrected chi connectivity index (χ0v) is 10.3. The molecule has 1 rings (SSSR count). The first-order valence-corrected chi connectivity index (χ1v) is 5.39. The van der Waals surface area contributed by atoms with Crippen LogP contribution in [0.15, 0.2) is 30.3 Å². The van der Waals surface area contributed by atoms with Crippen LogP contribution in [0.25, 0.3) is 0 Å². The Morgan fingerprint density at radius 3 is 2.35 bits per heavy atom. The highest BCUT2D eigenvalue weighted by Crippen LogP contribution is 2.07. The number of amides is 1. The molecule has 4 nitrogen and oxygen atoms in total. The van der Waals surface area contributed by atoms with E-state index in [1.165, 1.54) is 7.11 Å². The minimum Gasteiger partial charge on any atom is -0.369 e. The van der Waals surface area contributed by atoms with Crippen LogP contribution in [0.5, 0.6) is 0 Å². The highest BCUT2D eigenvalue weighted by Gasteiger charge is 2.26. The van der Waals surface area contributed by atoms with Gasteiger partial charge in [0.1, 0.15) is 5.60 Å². The number of Topliss-reactive ketones (excluding diaryl/α,β-unsaturated/α-hetero) is 1. The van der Waals surface area contributed by atoms with Crippen LogP contribution in [-0.2, 0) is 9.53 Å². The predicted molar refractivity (Wildman–Crippen MR) is 64.9 cm³/mol. The molecule has 1 N–H and O–H groups in total. The Hall–Kier alpha value is -1.68. The highest BCUT2D eigenvalue weighted by atomic mass is 16.5. The highest BCUT2D eigenvalue weighted by molar-refractivity contribution is 6.00. The number of benzene rings is 1. The summed E-state index contributed by atoms with van der Waals surface area (Å²) in [5.41, 5.74) is -0.334. The lowest BCUT2D eigenvalue weighted by Crippen LogP contribution is -2.45. The average molecular weight is 235 g/mol. The Morgan fingerprint density at radius 2 is 1.82 bits per heavy atom. The van der Waals surface area contributed by atoms with Crippen molar-refractivity contribution in [3.8, 4) is 0 Å². The summed E-state index contributed by atoms with van der Waals surface area (Å²) in [6.07, 6.45) is 0. The Balaban J connectivity index is 2.53. The SMILES string of the molecule is COC(C)(C)C(=O)NCC(=O)c1ccccc1. The molecular weight excluding hydrogens is 218 g/mol. The summed E-state index contributed by atoms with van der Waals surface area (Å²) in [5.74, 6) is -0.421. The first kappa shape index (κ1) is 13.4. The van der Waals surface area contributed by atoms with Gasteiger partial charge in [0.25, 0.3) is 5.91 Å². The van der Waals surface area contributed by atoms with Crippen molar-refractivity contribution >= 4 is 11.7 Å². The first-order chi connectivity index (χ1) is 7.97. The van der Waals surface area contributed by atoms with E-state index in [0.29, 0.717) is 5.56 Å². The number of carbonyl (C=O) groups excluding carboxylic acids is 2. The Kier molecular flexibility index (Phi) is 4.40. The average Bonchev–Trinajstić information content (AvgIpc) is 2.36. The number of hydrogen-bond acceptors (Lipinski definition) is 3. The standard InChI is InChI=1S/C13H17NO3/c1-13(2,17-3)12(16)14-9-11(15)10-7-5-4-6-8-10/h4-8H,9H2,1-3H3,(H,14,16). The van der Waals surface area contributed by atoms with Gasteiger partial charge in [-0.2, -0.15) is 0 Å². The molecule has 92 valence electrons. The van der Waals surface area contributed by atoms with E-state index in [1.54, 1.807) is 38.1 Å². The van der Waals surface area contributed by atoms with Gasteiger partial charge >= 0.3 is 0 Å². The van der Waals surface area contributed by atoms with E-state index >= 15 is 0 Å². The minimum atomic E-state index is -0.920. The lowest BCUT2D eigenvalue weighted by atomic mass is 10.1. The second-order valence-electron chi connectivity index (χ2n) is 4.19. The maximum absolute atomic E-state index is 11.7. The number of ketones is 1. The zero-order valence-electron chi connectivity index (χ0n) is 10.3. The molecule has 4 heteroatoms. The summed E-state index contributed by atoms with van der Waals surface area (Å²) in [6.45, 7) is 3.28. The quantitative estimate of drug-likeness (QED) is 0.785. The normalized spacial score (nSPS) is 11.0. The van der Waals surface area contributed by atoms with Gasteiger partial charge in [-0.3, -0.25) is 9.59 Å². The summed E-state index contributed by atoms with van der Waals surface area (Å²) in [6, 6.07) is 8.84. The van der Waals surface area contributed by atoms with Gasteiger partial charge in [-0.05, 0) is 13.8 Å². The van der Waals surface area contributed by atoms with Crippen molar-refractivity contribution < 1.29 is 14.3 Å². The van der Waals surface area contributed by atoms with E-state index in [1.807, 2.05) is 6.07 Å². The summed E-state index contributed by atoms with van der Waals surface area (Å²) < 4.78 is 5.01. The third-order valence-corrected chi connectivity index (χ3v) is 2.56. The molecular formula is C13H17NO3. The molecule has 0 radical (unpaired) electrons. The van der Waals surface area contributed by atoms with Gasteiger partial charge in [0.15, 0.2) is 5.78 Å². The number of ether oxygens (including phenoxy) is 1. The van der Waals surface area contributed by atoms with Gasteiger partial charge in [0.2, 0.25) is 0 Å². The van der Waals surface area contributed by atoms with Gasteiger partial charge in [-0.1, -0.05) is 30.3 Å². The van der Waals surface area contributed by atoms with Crippen LogP contribution in [0.1, 0.15) is 24.2 Å². The fourth-order valence-electron chi connectivity index (χ4n) is 1.19. The molecule has 1 aromatic rings. The minimum absolute atomic E-state index is 0.0182. The number of hydrogen-bond donors (Lipinski definition) is 1. The van der Waals surface area contributed by atoms with Gasteiger partial charge < -0.3 is 10.1 Å². The molecule has 0 bridgehead atoms. The van der Waals surface area contributed by atoms with E-state index in [2.05, 4.69) is 5.32 Å². The van der Waals surface area contributed by atoms with Crippen molar-refractivity contribution in [1.82, 2.24) is 5.32 Å². The van der Waals surface area contributed by atoms with E-state index in [-0.39, 0.29) is 18.2 Å². The molecule has 0 aliphatic heterocycles. The third kappa shape index (κ3) is 3.67. The summed E-state index contributed by atoms with van der Waals surface area (Å²) in [7, 11) is 1.46. The fraction of sp³-hybridized carbons (Fsp3) is 0.385. The smallest absolute Gasteiger partial charge is 0.252 e. The lowest BCUT2D eigenvalue weighted by Gasteiger charge is -2.21. The summed E-state index contributed by atoms with van der Waals surface area (Å²) in [4.78, 5) is 23.4. The van der Waals surface area contributed by atoms with Gasteiger partial charge in [0.05, 0.1) is 6.54 Å². The molecule has 0 heterocycles. The fourth-order valence-corrected chi connectivity index (χ4v) is 1.19. The number of nitrogens with one attached hydrogen (secondary N) is 1. The van der Waals surface area contributed by atoms with Crippen molar-refractivity contribution in [2.45, 2.75) is 19.4 Å². The zero-order chi connectivity index (χ0) is 12.9. The monoisotopic (exact) mass is 235 g/mol. The molecule has 1 aromatic carbocycles. The second-order valence-corrected chi connectivity index (χ2v) is 4.19. The largest absolute Gasteiger partial charge is 0.369 e. The molecule has 0 fully saturated rings. The van der Waals surface area contributed by atoms with E-state index in [9.17, 15) is 9.59 Å². The Bertz CT molecular complexity index is 398. The third-order valence-electron chi connectivity index (χ3n) is 2.56. The van der Waals surface area contributed by atoms with E-state index in [0.717, 1.165) is 0 Å². The van der Waals surface area contributed by atoms with E-state index < -0.39 is 5.60 Å². The molecule has 17 heavy (non-hydrogen) atoms. The maximum atomic E-state index is 11.7. The second kappa shape index (κ2) is 5.59. The van der Waals surface area contributed by atoms with Gasteiger partial charge in [-0.15, -0.1) is 0 Å². The molecule has 1 amide bonds. The molecule has 0 saturated heterocycles. The van der Waals surface area contributed by atoms with Crippen molar-refractivity contribution in [2.75, 3.05) is 13.7 Å². The predicted octanol–water partition coefficient (Wildman–Crippen LogP) is 1.41. The van der Waals surface area contributed by atoms with Crippen LogP contribution in [0.4, 0.5) is 0 Å². The molecule has 0 aliphatic rings.